The molecule has 5 heteroatoms. The van der Waals surface area contributed by atoms with Crippen molar-refractivity contribution < 1.29 is 9.90 Å². The van der Waals surface area contributed by atoms with Crippen molar-refractivity contribution in [3.63, 3.8) is 0 Å². The van der Waals surface area contributed by atoms with Crippen molar-refractivity contribution in [1.29, 1.82) is 0 Å². The molecule has 1 rings (SSSR count). The molecule has 0 bridgehead atoms. The van der Waals surface area contributed by atoms with E-state index in [1.807, 2.05) is 0 Å². The van der Waals surface area contributed by atoms with Gasteiger partial charge in [-0.05, 0) is 6.07 Å². The van der Waals surface area contributed by atoms with E-state index >= 15 is 0 Å². The van der Waals surface area contributed by atoms with Gasteiger partial charge in [0.15, 0.2) is 0 Å². The Labute approximate surface area is 74.2 Å². The van der Waals surface area contributed by atoms with Gasteiger partial charge in [-0.2, -0.15) is 0 Å². The van der Waals surface area contributed by atoms with E-state index < -0.39 is 12.0 Å². The topological polar surface area (TPSA) is 96.2 Å². The standard InChI is InChI=1S/C8H10N2O3/c9-6(8(12)13)4-5-2-1-3-7(11)10-5/h1-3,6H,4,9H2,(H,10,11)(H,12,13). The summed E-state index contributed by atoms with van der Waals surface area (Å²) in [6.45, 7) is 0. The molecule has 1 aromatic rings. The molecular weight excluding hydrogens is 172 g/mol. The van der Waals surface area contributed by atoms with Gasteiger partial charge in [-0.3, -0.25) is 9.59 Å². The van der Waals surface area contributed by atoms with Crippen molar-refractivity contribution in [1.82, 2.24) is 4.98 Å². The maximum absolute atomic E-state index is 10.8. The summed E-state index contributed by atoms with van der Waals surface area (Å²) in [5.41, 5.74) is 5.55. The number of nitrogens with two attached hydrogens (primary N) is 1. The van der Waals surface area contributed by atoms with Gasteiger partial charge in [0.2, 0.25) is 5.56 Å². The minimum absolute atomic E-state index is 0.130. The van der Waals surface area contributed by atoms with Crippen LogP contribution in [0.3, 0.4) is 0 Å². The predicted molar refractivity (Wildman–Crippen MR) is 46.4 cm³/mol. The normalized spacial score (nSPS) is 12.4. The molecule has 0 amide bonds. The predicted octanol–water partition coefficient (Wildman–Crippen LogP) is -0.671. The van der Waals surface area contributed by atoms with E-state index in [0.29, 0.717) is 5.69 Å². The van der Waals surface area contributed by atoms with Gasteiger partial charge in [-0.15, -0.1) is 0 Å². The Kier molecular flexibility index (Phi) is 2.81. The number of hydrogen-bond acceptors (Lipinski definition) is 3. The van der Waals surface area contributed by atoms with Crippen LogP contribution in [0.4, 0.5) is 0 Å². The number of carbonyl (C=O) groups is 1. The Balaban J connectivity index is 2.75. The summed E-state index contributed by atoms with van der Waals surface area (Å²) in [5.74, 6) is -1.08. The summed E-state index contributed by atoms with van der Waals surface area (Å²) in [4.78, 5) is 23.7. The minimum atomic E-state index is -1.08. The van der Waals surface area contributed by atoms with Crippen LogP contribution >= 0.6 is 0 Å². The van der Waals surface area contributed by atoms with Crippen molar-refractivity contribution in [2.75, 3.05) is 0 Å². The van der Waals surface area contributed by atoms with Crippen molar-refractivity contribution in [3.05, 3.63) is 34.2 Å². The highest BCUT2D eigenvalue weighted by Crippen LogP contribution is 1.95. The lowest BCUT2D eigenvalue weighted by molar-refractivity contribution is -0.138. The molecule has 1 heterocycles. The lowest BCUT2D eigenvalue weighted by Gasteiger charge is -2.04. The number of nitrogens with one attached hydrogen (secondary N) is 1. The van der Waals surface area contributed by atoms with Gasteiger partial charge in [0.05, 0.1) is 0 Å². The number of pyridine rings is 1. The molecule has 1 atom stereocenters. The third kappa shape index (κ3) is 2.72. The fourth-order valence-electron chi connectivity index (χ4n) is 0.937. The van der Waals surface area contributed by atoms with Gasteiger partial charge in [0.1, 0.15) is 6.04 Å². The maximum atomic E-state index is 10.8. The van der Waals surface area contributed by atoms with Gasteiger partial charge in [-0.1, -0.05) is 6.07 Å². The lowest BCUT2D eigenvalue weighted by Crippen LogP contribution is -2.33. The van der Waals surface area contributed by atoms with Gasteiger partial charge >= 0.3 is 5.97 Å². The van der Waals surface area contributed by atoms with Gasteiger partial charge in [0.25, 0.3) is 0 Å². The molecule has 0 aliphatic carbocycles. The molecular formula is C8H10N2O3. The summed E-state index contributed by atoms with van der Waals surface area (Å²) in [6, 6.07) is 3.57. The molecule has 1 unspecified atom stereocenters. The number of rotatable bonds is 3. The summed E-state index contributed by atoms with van der Waals surface area (Å²) in [7, 11) is 0. The SMILES string of the molecule is NC(Cc1cccc(=O)[nH]1)C(=O)O. The van der Waals surface area contributed by atoms with Gasteiger partial charge in [0, 0.05) is 18.2 Å². The summed E-state index contributed by atoms with van der Waals surface area (Å²) in [5, 5.41) is 8.50. The Bertz CT molecular complexity index is 358. The fraction of sp³-hybridized carbons (Fsp3) is 0.250. The zero-order valence-corrected chi connectivity index (χ0v) is 6.86. The molecule has 0 saturated heterocycles. The first-order chi connectivity index (χ1) is 6.09. The highest BCUT2D eigenvalue weighted by molar-refractivity contribution is 5.73. The zero-order chi connectivity index (χ0) is 9.84. The molecule has 0 aliphatic heterocycles. The molecule has 5 nitrogen and oxygen atoms in total. The Hall–Kier alpha value is -1.62. The summed E-state index contributed by atoms with van der Waals surface area (Å²) in [6.07, 6.45) is 0.130. The first kappa shape index (κ1) is 9.47. The van der Waals surface area contributed by atoms with Crippen LogP contribution in [0, 0.1) is 0 Å². The molecule has 13 heavy (non-hydrogen) atoms. The average molecular weight is 182 g/mol. The third-order valence-electron chi connectivity index (χ3n) is 1.59. The van der Waals surface area contributed by atoms with Crippen LogP contribution in [0.2, 0.25) is 0 Å². The van der Waals surface area contributed by atoms with Gasteiger partial charge in [-0.25, -0.2) is 0 Å². The van der Waals surface area contributed by atoms with Crippen molar-refractivity contribution in [2.24, 2.45) is 5.73 Å². The second-order valence-electron chi connectivity index (χ2n) is 2.69. The van der Waals surface area contributed by atoms with E-state index in [0.717, 1.165) is 0 Å². The number of carboxylic acids is 1. The minimum Gasteiger partial charge on any atom is -0.480 e. The molecule has 0 fully saturated rings. The highest BCUT2D eigenvalue weighted by atomic mass is 16.4. The lowest BCUT2D eigenvalue weighted by atomic mass is 10.1. The van der Waals surface area contributed by atoms with E-state index in [2.05, 4.69) is 4.98 Å². The van der Waals surface area contributed by atoms with E-state index in [9.17, 15) is 9.59 Å². The summed E-state index contributed by atoms with van der Waals surface area (Å²) < 4.78 is 0. The van der Waals surface area contributed by atoms with E-state index in [1.165, 1.54) is 6.07 Å². The van der Waals surface area contributed by atoms with Crippen LogP contribution in [0.25, 0.3) is 0 Å². The van der Waals surface area contributed by atoms with Crippen LogP contribution in [-0.2, 0) is 11.2 Å². The van der Waals surface area contributed by atoms with E-state index in [1.54, 1.807) is 12.1 Å². The van der Waals surface area contributed by atoms with Crippen molar-refractivity contribution in [3.8, 4) is 0 Å². The van der Waals surface area contributed by atoms with Crippen molar-refractivity contribution in [2.45, 2.75) is 12.5 Å². The second-order valence-corrected chi connectivity index (χ2v) is 2.69. The molecule has 0 aliphatic rings. The van der Waals surface area contributed by atoms with Crippen LogP contribution < -0.4 is 11.3 Å². The largest absolute Gasteiger partial charge is 0.480 e. The molecule has 0 radical (unpaired) electrons. The van der Waals surface area contributed by atoms with E-state index in [-0.39, 0.29) is 12.0 Å². The molecule has 0 aromatic carbocycles. The van der Waals surface area contributed by atoms with Crippen LogP contribution in [-0.4, -0.2) is 22.1 Å². The Morgan fingerprint density at radius 2 is 2.31 bits per heavy atom. The van der Waals surface area contributed by atoms with Gasteiger partial charge < -0.3 is 15.8 Å². The number of H-pyrrole nitrogens is 1. The van der Waals surface area contributed by atoms with Crippen LogP contribution in [0.1, 0.15) is 5.69 Å². The Morgan fingerprint density at radius 1 is 1.62 bits per heavy atom. The smallest absolute Gasteiger partial charge is 0.320 e. The quantitative estimate of drug-likeness (QED) is 0.577. The number of aromatic amines is 1. The number of aromatic nitrogens is 1. The monoisotopic (exact) mass is 182 g/mol. The molecule has 1 aromatic heterocycles. The zero-order valence-electron chi connectivity index (χ0n) is 6.86. The van der Waals surface area contributed by atoms with E-state index in [4.69, 9.17) is 10.8 Å². The number of aliphatic carboxylic acids is 1. The van der Waals surface area contributed by atoms with Crippen LogP contribution in [0.5, 0.6) is 0 Å². The molecule has 70 valence electrons. The number of hydrogen-bond donors (Lipinski definition) is 3. The first-order valence-corrected chi connectivity index (χ1v) is 3.76. The van der Waals surface area contributed by atoms with Crippen molar-refractivity contribution >= 4 is 5.97 Å². The number of carboxylic acid groups (broad SMARTS) is 1. The second kappa shape index (κ2) is 3.86. The Morgan fingerprint density at radius 3 is 2.85 bits per heavy atom. The van der Waals surface area contributed by atoms with Crippen LogP contribution in [0.15, 0.2) is 23.0 Å². The first-order valence-electron chi connectivity index (χ1n) is 3.76. The molecule has 0 saturated carbocycles. The highest BCUT2D eigenvalue weighted by Gasteiger charge is 2.11. The third-order valence-corrected chi connectivity index (χ3v) is 1.59. The maximum Gasteiger partial charge on any atom is 0.320 e. The fourth-order valence-corrected chi connectivity index (χ4v) is 0.937. The molecule has 4 N–H and O–H groups in total. The average Bonchev–Trinajstić information content (AvgIpc) is 2.04. The molecule has 0 spiro atoms. The summed E-state index contributed by atoms with van der Waals surface area (Å²) >= 11 is 0.